The first-order valence-electron chi connectivity index (χ1n) is 6.70. The maximum absolute atomic E-state index is 6.18. The van der Waals surface area contributed by atoms with E-state index < -0.39 is 0 Å². The summed E-state index contributed by atoms with van der Waals surface area (Å²) in [5.41, 5.74) is 6.18. The smallest absolute Gasteiger partial charge is 0.0594 e. The molecule has 2 rings (SSSR count). The van der Waals surface area contributed by atoms with Gasteiger partial charge in [-0.15, -0.1) is 0 Å². The van der Waals surface area contributed by atoms with Crippen LogP contribution >= 0.6 is 0 Å². The van der Waals surface area contributed by atoms with E-state index in [1.165, 1.54) is 0 Å². The van der Waals surface area contributed by atoms with Gasteiger partial charge in [-0.2, -0.15) is 0 Å². The van der Waals surface area contributed by atoms with E-state index in [0.29, 0.717) is 0 Å². The highest BCUT2D eigenvalue weighted by Crippen LogP contribution is 2.03. The highest BCUT2D eigenvalue weighted by atomic mass is 16.5. The van der Waals surface area contributed by atoms with Crippen LogP contribution in [0.15, 0.2) is 0 Å². The van der Waals surface area contributed by atoms with Gasteiger partial charge in [0.25, 0.3) is 0 Å². The van der Waals surface area contributed by atoms with Gasteiger partial charge in [0.05, 0.1) is 26.4 Å². The summed E-state index contributed by atoms with van der Waals surface area (Å²) < 4.78 is 10.7. The molecule has 0 aromatic carbocycles. The van der Waals surface area contributed by atoms with E-state index in [1.54, 1.807) is 0 Å². The van der Waals surface area contributed by atoms with E-state index in [-0.39, 0.29) is 6.04 Å². The lowest BCUT2D eigenvalue weighted by molar-refractivity contribution is 0.0283. The summed E-state index contributed by atoms with van der Waals surface area (Å²) in [6, 6.07) is 0.288. The van der Waals surface area contributed by atoms with Gasteiger partial charge >= 0.3 is 0 Å². The zero-order valence-corrected chi connectivity index (χ0v) is 10.6. The molecule has 0 aromatic rings. The Morgan fingerprint density at radius 3 is 2.00 bits per heavy atom. The number of nitrogens with two attached hydrogens (primary N) is 1. The zero-order chi connectivity index (χ0) is 11.9. The number of morpholine rings is 2. The summed E-state index contributed by atoms with van der Waals surface area (Å²) >= 11 is 0. The van der Waals surface area contributed by atoms with Crippen LogP contribution in [-0.4, -0.2) is 81.5 Å². The minimum atomic E-state index is 0.288. The van der Waals surface area contributed by atoms with Crippen LogP contribution < -0.4 is 5.73 Å². The minimum Gasteiger partial charge on any atom is -0.379 e. The average molecular weight is 243 g/mol. The fourth-order valence-electron chi connectivity index (χ4n) is 2.38. The molecule has 100 valence electrons. The third-order valence-electron chi connectivity index (χ3n) is 3.52. The largest absolute Gasteiger partial charge is 0.379 e. The fourth-order valence-corrected chi connectivity index (χ4v) is 2.38. The molecule has 2 saturated heterocycles. The second-order valence-electron chi connectivity index (χ2n) is 4.92. The molecule has 5 nitrogen and oxygen atoms in total. The average Bonchev–Trinajstić information content (AvgIpc) is 2.39. The van der Waals surface area contributed by atoms with Crippen LogP contribution in [0, 0.1) is 0 Å². The second-order valence-corrected chi connectivity index (χ2v) is 4.92. The van der Waals surface area contributed by atoms with E-state index in [4.69, 9.17) is 15.2 Å². The van der Waals surface area contributed by atoms with Crippen LogP contribution in [0.4, 0.5) is 0 Å². The fraction of sp³-hybridized carbons (Fsp3) is 1.00. The van der Waals surface area contributed by atoms with Crippen LogP contribution in [0.3, 0.4) is 0 Å². The van der Waals surface area contributed by atoms with Crippen molar-refractivity contribution in [1.29, 1.82) is 0 Å². The molecule has 1 atom stereocenters. The Kier molecular flexibility index (Phi) is 5.67. The van der Waals surface area contributed by atoms with Gasteiger partial charge in [-0.1, -0.05) is 0 Å². The van der Waals surface area contributed by atoms with Gasteiger partial charge in [0, 0.05) is 38.8 Å². The molecule has 5 heteroatoms. The van der Waals surface area contributed by atoms with Crippen molar-refractivity contribution in [1.82, 2.24) is 9.80 Å². The maximum atomic E-state index is 6.18. The minimum absolute atomic E-state index is 0.288. The third-order valence-corrected chi connectivity index (χ3v) is 3.52. The van der Waals surface area contributed by atoms with Gasteiger partial charge in [-0.25, -0.2) is 0 Å². The van der Waals surface area contributed by atoms with Crippen LogP contribution in [0.5, 0.6) is 0 Å². The molecule has 0 aromatic heterocycles. The van der Waals surface area contributed by atoms with Crippen LogP contribution in [0.25, 0.3) is 0 Å². The molecule has 0 bridgehead atoms. The van der Waals surface area contributed by atoms with Crippen molar-refractivity contribution in [3.05, 3.63) is 0 Å². The van der Waals surface area contributed by atoms with Gasteiger partial charge in [0.1, 0.15) is 0 Å². The van der Waals surface area contributed by atoms with Gasteiger partial charge in [0.15, 0.2) is 0 Å². The number of hydrogen-bond acceptors (Lipinski definition) is 5. The van der Waals surface area contributed by atoms with E-state index >= 15 is 0 Å². The number of nitrogens with zero attached hydrogens (tertiary/aromatic N) is 2. The molecule has 0 spiro atoms. The molecular weight excluding hydrogens is 218 g/mol. The second kappa shape index (κ2) is 7.28. The Hall–Kier alpha value is -0.200. The topological polar surface area (TPSA) is 51.0 Å². The molecule has 0 aliphatic carbocycles. The van der Waals surface area contributed by atoms with Gasteiger partial charge in [-0.05, 0) is 13.0 Å². The van der Waals surface area contributed by atoms with E-state index in [0.717, 1.165) is 72.1 Å². The summed E-state index contributed by atoms with van der Waals surface area (Å²) in [5, 5.41) is 0. The molecule has 0 amide bonds. The first-order valence-corrected chi connectivity index (χ1v) is 6.70. The van der Waals surface area contributed by atoms with Crippen molar-refractivity contribution >= 4 is 0 Å². The predicted octanol–water partition coefficient (Wildman–Crippen LogP) is -0.632. The van der Waals surface area contributed by atoms with Gasteiger partial charge in [-0.3, -0.25) is 9.80 Å². The van der Waals surface area contributed by atoms with Crippen molar-refractivity contribution in [2.45, 2.75) is 12.5 Å². The van der Waals surface area contributed by atoms with E-state index in [9.17, 15) is 0 Å². The number of hydrogen-bond donors (Lipinski definition) is 1. The summed E-state index contributed by atoms with van der Waals surface area (Å²) in [6.07, 6.45) is 1.08. The monoisotopic (exact) mass is 243 g/mol. The quantitative estimate of drug-likeness (QED) is 0.697. The van der Waals surface area contributed by atoms with Gasteiger partial charge < -0.3 is 15.2 Å². The Balaban J connectivity index is 1.57. The first-order chi connectivity index (χ1) is 8.34. The summed E-state index contributed by atoms with van der Waals surface area (Å²) in [7, 11) is 0. The summed E-state index contributed by atoms with van der Waals surface area (Å²) in [4.78, 5) is 4.86. The highest BCUT2D eigenvalue weighted by Gasteiger charge is 2.16. The van der Waals surface area contributed by atoms with E-state index in [2.05, 4.69) is 9.80 Å². The first kappa shape index (κ1) is 13.2. The van der Waals surface area contributed by atoms with Crippen molar-refractivity contribution in [3.8, 4) is 0 Å². The van der Waals surface area contributed by atoms with Crippen LogP contribution in [0.2, 0.25) is 0 Å². The zero-order valence-electron chi connectivity index (χ0n) is 10.6. The third kappa shape index (κ3) is 4.89. The number of ether oxygens (including phenoxy) is 2. The molecule has 0 radical (unpaired) electrons. The van der Waals surface area contributed by atoms with Crippen molar-refractivity contribution in [2.24, 2.45) is 5.73 Å². The molecule has 2 aliphatic heterocycles. The molecule has 2 N–H and O–H groups in total. The lowest BCUT2D eigenvalue weighted by Gasteiger charge is -2.31. The number of rotatable bonds is 5. The molecule has 1 unspecified atom stereocenters. The van der Waals surface area contributed by atoms with Crippen molar-refractivity contribution < 1.29 is 9.47 Å². The van der Waals surface area contributed by atoms with Crippen molar-refractivity contribution in [3.63, 3.8) is 0 Å². The Bertz CT molecular complexity index is 204. The standard InChI is InChI=1S/C12H25N3O2/c13-12(11-15-5-9-17-10-6-15)1-2-14-3-7-16-8-4-14/h12H,1-11,13H2. The van der Waals surface area contributed by atoms with Crippen LogP contribution in [0.1, 0.15) is 6.42 Å². The van der Waals surface area contributed by atoms with Crippen molar-refractivity contribution in [2.75, 3.05) is 65.7 Å². The molecule has 2 fully saturated rings. The van der Waals surface area contributed by atoms with E-state index in [1.807, 2.05) is 0 Å². The molecule has 17 heavy (non-hydrogen) atoms. The molecular formula is C12H25N3O2. The lowest BCUT2D eigenvalue weighted by Crippen LogP contribution is -2.45. The SMILES string of the molecule is NC(CCN1CCOCC1)CN1CCOCC1. The lowest BCUT2D eigenvalue weighted by atomic mass is 10.2. The molecule has 2 heterocycles. The maximum Gasteiger partial charge on any atom is 0.0594 e. The van der Waals surface area contributed by atoms with Crippen LogP contribution in [-0.2, 0) is 9.47 Å². The summed E-state index contributed by atoms with van der Waals surface area (Å²) in [5.74, 6) is 0. The Morgan fingerprint density at radius 2 is 1.41 bits per heavy atom. The predicted molar refractivity (Wildman–Crippen MR) is 67.1 cm³/mol. The normalized spacial score (nSPS) is 25.9. The van der Waals surface area contributed by atoms with Gasteiger partial charge in [0.2, 0.25) is 0 Å². The Labute approximate surface area is 104 Å². The summed E-state index contributed by atoms with van der Waals surface area (Å²) in [6.45, 7) is 9.76. The highest BCUT2D eigenvalue weighted by molar-refractivity contribution is 4.73. The molecule has 2 aliphatic rings. The Morgan fingerprint density at radius 1 is 0.882 bits per heavy atom. The molecule has 0 saturated carbocycles.